The highest BCUT2D eigenvalue weighted by atomic mass is 35.5. The molecule has 0 heterocycles. The molecule has 1 aromatic carbocycles. The number of nitrogens with two attached hydrogens (primary N) is 1. The summed E-state index contributed by atoms with van der Waals surface area (Å²) in [5.74, 6) is -0.486. The number of halogens is 2. The Labute approximate surface area is 158 Å². The second kappa shape index (κ2) is 9.41. The lowest BCUT2D eigenvalue weighted by Gasteiger charge is -2.20. The fourth-order valence-electron chi connectivity index (χ4n) is 3.21. The molecular formula is C18H24Cl2N2O3. The van der Waals surface area contributed by atoms with Crippen molar-refractivity contribution in [1.29, 1.82) is 0 Å². The molecule has 0 saturated heterocycles. The number of carbonyl (C=O) groups is 2. The molecule has 2 rings (SSSR count). The molecule has 0 aromatic heterocycles. The Morgan fingerprint density at radius 3 is 2.52 bits per heavy atom. The first-order chi connectivity index (χ1) is 11.9. The van der Waals surface area contributed by atoms with Crippen LogP contribution in [0.25, 0.3) is 0 Å². The van der Waals surface area contributed by atoms with Crippen LogP contribution >= 0.6 is 23.2 Å². The zero-order valence-electron chi connectivity index (χ0n) is 14.3. The van der Waals surface area contributed by atoms with Crippen LogP contribution in [0, 0.1) is 5.92 Å². The van der Waals surface area contributed by atoms with Gasteiger partial charge in [-0.3, -0.25) is 4.79 Å². The van der Waals surface area contributed by atoms with Crippen LogP contribution in [0.1, 0.15) is 38.2 Å². The highest BCUT2D eigenvalue weighted by Gasteiger charge is 2.28. The highest BCUT2D eigenvalue weighted by molar-refractivity contribution is 6.34. The quantitative estimate of drug-likeness (QED) is 0.705. The minimum Gasteiger partial charge on any atom is -0.464 e. The lowest BCUT2D eigenvalue weighted by Crippen LogP contribution is -2.44. The first kappa shape index (κ1) is 20.0. The third-order valence-electron chi connectivity index (χ3n) is 4.43. The molecule has 7 heteroatoms. The van der Waals surface area contributed by atoms with Crippen LogP contribution in [0.4, 0.5) is 0 Å². The summed E-state index contributed by atoms with van der Waals surface area (Å²) >= 11 is 12.0. The number of ether oxygens (including phenoxy) is 1. The molecule has 3 atom stereocenters. The van der Waals surface area contributed by atoms with E-state index in [2.05, 4.69) is 5.32 Å². The van der Waals surface area contributed by atoms with Crippen LogP contribution in [-0.4, -0.2) is 30.6 Å². The van der Waals surface area contributed by atoms with Crippen LogP contribution in [-0.2, 0) is 20.7 Å². The van der Waals surface area contributed by atoms with Crippen LogP contribution < -0.4 is 11.1 Å². The lowest BCUT2D eigenvalue weighted by atomic mass is 9.99. The predicted octanol–water partition coefficient (Wildman–Crippen LogP) is 3.10. The SMILES string of the molecule is CCOC(=O)C(Cc1cc(Cl)cc(Cl)c1)NC(=O)C[C@@H]1CCC[C@H]1N. The van der Waals surface area contributed by atoms with E-state index in [1.165, 1.54) is 0 Å². The largest absolute Gasteiger partial charge is 0.464 e. The average Bonchev–Trinajstić information content (AvgIpc) is 2.91. The van der Waals surface area contributed by atoms with Crippen molar-refractivity contribution in [3.63, 3.8) is 0 Å². The van der Waals surface area contributed by atoms with Gasteiger partial charge in [-0.15, -0.1) is 0 Å². The lowest BCUT2D eigenvalue weighted by molar-refractivity contribution is -0.147. The number of benzene rings is 1. The Morgan fingerprint density at radius 2 is 1.96 bits per heavy atom. The van der Waals surface area contributed by atoms with Crippen LogP contribution in [0.5, 0.6) is 0 Å². The minimum atomic E-state index is -0.778. The molecule has 0 spiro atoms. The second-order valence-corrected chi connectivity index (χ2v) is 7.29. The van der Waals surface area contributed by atoms with Gasteiger partial charge >= 0.3 is 5.97 Å². The Hall–Kier alpha value is -1.30. The minimum absolute atomic E-state index is 0.0542. The van der Waals surface area contributed by atoms with Crippen molar-refractivity contribution in [2.24, 2.45) is 11.7 Å². The van der Waals surface area contributed by atoms with Gasteiger partial charge in [0.15, 0.2) is 0 Å². The fourth-order valence-corrected chi connectivity index (χ4v) is 3.78. The summed E-state index contributed by atoms with van der Waals surface area (Å²) < 4.78 is 5.08. The molecule has 1 aliphatic carbocycles. The number of carbonyl (C=O) groups excluding carboxylic acids is 2. The van der Waals surface area contributed by atoms with E-state index >= 15 is 0 Å². The van der Waals surface area contributed by atoms with E-state index < -0.39 is 12.0 Å². The number of nitrogens with one attached hydrogen (secondary N) is 1. The van der Waals surface area contributed by atoms with Gasteiger partial charge in [0.2, 0.25) is 5.91 Å². The number of esters is 1. The van der Waals surface area contributed by atoms with E-state index in [4.69, 9.17) is 33.7 Å². The molecular weight excluding hydrogens is 363 g/mol. The number of hydrogen-bond acceptors (Lipinski definition) is 4. The number of rotatable bonds is 7. The predicted molar refractivity (Wildman–Crippen MR) is 98.7 cm³/mol. The van der Waals surface area contributed by atoms with Crippen molar-refractivity contribution >= 4 is 35.1 Å². The third-order valence-corrected chi connectivity index (χ3v) is 4.87. The van der Waals surface area contributed by atoms with Gasteiger partial charge in [0.05, 0.1) is 6.61 Å². The van der Waals surface area contributed by atoms with Crippen molar-refractivity contribution in [2.75, 3.05) is 6.61 Å². The van der Waals surface area contributed by atoms with Crippen LogP contribution in [0.3, 0.4) is 0 Å². The zero-order valence-corrected chi connectivity index (χ0v) is 15.8. The summed E-state index contributed by atoms with van der Waals surface area (Å²) in [5, 5.41) is 3.74. The van der Waals surface area contributed by atoms with E-state index in [0.29, 0.717) is 16.5 Å². The maximum atomic E-state index is 12.4. The van der Waals surface area contributed by atoms with Crippen LogP contribution in [0.2, 0.25) is 10.0 Å². The number of amides is 1. The summed E-state index contributed by atoms with van der Waals surface area (Å²) in [5.41, 5.74) is 6.78. The monoisotopic (exact) mass is 386 g/mol. The molecule has 138 valence electrons. The molecule has 0 radical (unpaired) electrons. The van der Waals surface area contributed by atoms with Gasteiger partial charge in [0.25, 0.3) is 0 Å². The summed E-state index contributed by atoms with van der Waals surface area (Å²) in [4.78, 5) is 24.6. The van der Waals surface area contributed by atoms with Crippen molar-refractivity contribution in [3.05, 3.63) is 33.8 Å². The Balaban J connectivity index is 2.04. The molecule has 1 aromatic rings. The van der Waals surface area contributed by atoms with Gasteiger partial charge in [-0.05, 0) is 49.4 Å². The summed E-state index contributed by atoms with van der Waals surface area (Å²) in [7, 11) is 0. The second-order valence-electron chi connectivity index (χ2n) is 6.41. The molecule has 0 bridgehead atoms. The molecule has 3 N–H and O–H groups in total. The van der Waals surface area contributed by atoms with Crippen molar-refractivity contribution in [2.45, 2.75) is 51.1 Å². The van der Waals surface area contributed by atoms with Gasteiger partial charge in [0, 0.05) is 28.9 Å². The van der Waals surface area contributed by atoms with Gasteiger partial charge in [0.1, 0.15) is 6.04 Å². The molecule has 1 fully saturated rings. The Morgan fingerprint density at radius 1 is 1.28 bits per heavy atom. The van der Waals surface area contributed by atoms with Crippen molar-refractivity contribution < 1.29 is 14.3 Å². The third kappa shape index (κ3) is 6.17. The zero-order chi connectivity index (χ0) is 18.4. The first-order valence-corrected chi connectivity index (χ1v) is 9.31. The molecule has 1 saturated carbocycles. The molecule has 1 unspecified atom stereocenters. The van der Waals surface area contributed by atoms with E-state index in [9.17, 15) is 9.59 Å². The van der Waals surface area contributed by atoms with E-state index in [1.54, 1.807) is 25.1 Å². The highest BCUT2D eigenvalue weighted by Crippen LogP contribution is 2.27. The molecule has 1 aliphatic rings. The molecule has 5 nitrogen and oxygen atoms in total. The standard InChI is InChI=1S/C18H24Cl2N2O3/c1-2-25-18(24)16(8-11-6-13(19)10-14(20)7-11)22-17(23)9-12-4-3-5-15(12)21/h6-7,10,12,15-16H,2-5,8-9,21H2,1H3,(H,22,23)/t12-,15+,16?/m0/s1. The summed E-state index contributed by atoms with van der Waals surface area (Å²) in [6.07, 6.45) is 3.53. The van der Waals surface area contributed by atoms with Gasteiger partial charge in [-0.1, -0.05) is 29.6 Å². The maximum Gasteiger partial charge on any atom is 0.328 e. The van der Waals surface area contributed by atoms with E-state index in [0.717, 1.165) is 24.8 Å². The summed E-state index contributed by atoms with van der Waals surface area (Å²) in [6, 6.07) is 4.34. The van der Waals surface area contributed by atoms with Gasteiger partial charge < -0.3 is 15.8 Å². The van der Waals surface area contributed by atoms with E-state index in [-0.39, 0.29) is 30.9 Å². The first-order valence-electron chi connectivity index (χ1n) is 8.55. The fraction of sp³-hybridized carbons (Fsp3) is 0.556. The van der Waals surface area contributed by atoms with Crippen molar-refractivity contribution in [3.8, 4) is 0 Å². The van der Waals surface area contributed by atoms with E-state index in [1.807, 2.05) is 0 Å². The molecule has 1 amide bonds. The Bertz CT molecular complexity index is 604. The van der Waals surface area contributed by atoms with Gasteiger partial charge in [-0.2, -0.15) is 0 Å². The maximum absolute atomic E-state index is 12.4. The number of hydrogen-bond donors (Lipinski definition) is 2. The average molecular weight is 387 g/mol. The normalized spacial score (nSPS) is 21.0. The topological polar surface area (TPSA) is 81.4 Å². The summed E-state index contributed by atoms with van der Waals surface area (Å²) in [6.45, 7) is 1.97. The molecule has 0 aliphatic heterocycles. The van der Waals surface area contributed by atoms with Gasteiger partial charge in [-0.25, -0.2) is 4.79 Å². The molecule has 25 heavy (non-hydrogen) atoms. The smallest absolute Gasteiger partial charge is 0.328 e. The Kier molecular flexibility index (Phi) is 7.54. The van der Waals surface area contributed by atoms with Crippen LogP contribution in [0.15, 0.2) is 18.2 Å². The van der Waals surface area contributed by atoms with Crippen molar-refractivity contribution in [1.82, 2.24) is 5.32 Å².